The van der Waals surface area contributed by atoms with E-state index in [1.807, 2.05) is 42.2 Å². The Morgan fingerprint density at radius 2 is 2.00 bits per heavy atom. The smallest absolute Gasteiger partial charge is 0.240 e. The topological polar surface area (TPSA) is 74.7 Å². The number of para-hydroxylation sites is 1. The van der Waals surface area contributed by atoms with Crippen molar-refractivity contribution in [2.75, 3.05) is 25.0 Å². The molecule has 1 aromatic heterocycles. The number of benzene rings is 2. The molecule has 4 rings (SSSR count). The van der Waals surface area contributed by atoms with Gasteiger partial charge in [-0.15, -0.1) is 11.3 Å². The fraction of sp³-hybridized carbons (Fsp3) is 0.333. The summed E-state index contributed by atoms with van der Waals surface area (Å²) in [6.45, 7) is 4.78. The Hall–Kier alpha value is -2.81. The Kier molecular flexibility index (Phi) is 6.55. The first-order valence-corrected chi connectivity index (χ1v) is 11.3. The maximum Gasteiger partial charge on any atom is 0.240 e. The Morgan fingerprint density at radius 3 is 2.69 bits per heavy atom. The summed E-state index contributed by atoms with van der Waals surface area (Å²) in [7, 11) is 0. The molecule has 2 aromatic carbocycles. The van der Waals surface area contributed by atoms with Crippen LogP contribution >= 0.6 is 11.3 Å². The second-order valence-corrected chi connectivity index (χ2v) is 9.46. The minimum absolute atomic E-state index is 0.152. The molecule has 2 atom stereocenters. The summed E-state index contributed by atoms with van der Waals surface area (Å²) in [5.74, 6) is 0.228. The lowest BCUT2D eigenvalue weighted by atomic mass is 9.91. The van der Waals surface area contributed by atoms with Crippen LogP contribution in [0.5, 0.6) is 5.75 Å². The van der Waals surface area contributed by atoms with Gasteiger partial charge in [0.15, 0.2) is 5.13 Å². The van der Waals surface area contributed by atoms with Crippen LogP contribution in [0.15, 0.2) is 54.6 Å². The van der Waals surface area contributed by atoms with E-state index in [0.717, 1.165) is 21.9 Å². The number of hydrogen-bond acceptors (Lipinski definition) is 6. The first kappa shape index (κ1) is 22.4. The molecular formula is C24H26FN3O3S. The highest BCUT2D eigenvalue weighted by atomic mass is 32.1. The van der Waals surface area contributed by atoms with Crippen molar-refractivity contribution in [1.82, 2.24) is 9.88 Å². The number of β-amino-alcohol motifs (C(OH)–C–C–N with tert-alkyl or cyclic N) is 1. The second-order valence-electron chi connectivity index (χ2n) is 8.25. The minimum atomic E-state index is -1.08. The summed E-state index contributed by atoms with van der Waals surface area (Å²) >= 11 is 1.38. The quantitative estimate of drug-likeness (QED) is 0.585. The number of carbonyl (C=O) groups excluding carboxylic acids is 1. The number of thiazole rings is 1. The molecule has 0 saturated carbocycles. The lowest BCUT2D eigenvalue weighted by Crippen LogP contribution is -2.58. The van der Waals surface area contributed by atoms with Crippen molar-refractivity contribution >= 4 is 22.4 Å². The van der Waals surface area contributed by atoms with Crippen molar-refractivity contribution < 1.29 is 19.0 Å². The SMILES string of the molecule is Cc1sc(NC(=O)CN2CC[C@H](Oc3ccccc3)[C@@](C)(O)C2)nc1-c1ccc(F)cc1. The van der Waals surface area contributed by atoms with Gasteiger partial charge < -0.3 is 15.2 Å². The van der Waals surface area contributed by atoms with Gasteiger partial charge >= 0.3 is 0 Å². The third kappa shape index (κ3) is 5.32. The van der Waals surface area contributed by atoms with E-state index >= 15 is 0 Å². The number of amides is 1. The molecule has 2 N–H and O–H groups in total. The molecule has 0 radical (unpaired) electrons. The van der Waals surface area contributed by atoms with Crippen molar-refractivity contribution in [2.24, 2.45) is 0 Å². The Labute approximate surface area is 190 Å². The van der Waals surface area contributed by atoms with Crippen molar-refractivity contribution in [2.45, 2.75) is 32.0 Å². The highest BCUT2D eigenvalue weighted by Crippen LogP contribution is 2.31. The molecule has 0 unspecified atom stereocenters. The molecule has 168 valence electrons. The van der Waals surface area contributed by atoms with Crippen LogP contribution in [0.2, 0.25) is 0 Å². The molecule has 0 aliphatic carbocycles. The zero-order chi connectivity index (χ0) is 22.7. The molecule has 1 amide bonds. The fourth-order valence-corrected chi connectivity index (χ4v) is 4.77. The Balaban J connectivity index is 1.34. The maximum absolute atomic E-state index is 13.2. The largest absolute Gasteiger partial charge is 0.487 e. The standard InChI is InChI=1S/C24H26FN3O3S/c1-16-22(17-8-10-18(25)11-9-17)27-23(32-16)26-21(29)14-28-13-12-20(24(2,30)15-28)31-19-6-4-3-5-7-19/h3-11,20,30H,12-15H2,1-2H3,(H,26,27,29)/t20-,24-/m0/s1. The van der Waals surface area contributed by atoms with Crippen LogP contribution in [0, 0.1) is 12.7 Å². The average Bonchev–Trinajstić information content (AvgIpc) is 3.10. The van der Waals surface area contributed by atoms with E-state index < -0.39 is 5.60 Å². The van der Waals surface area contributed by atoms with E-state index in [9.17, 15) is 14.3 Å². The molecule has 0 spiro atoms. The van der Waals surface area contributed by atoms with Gasteiger partial charge in [0.2, 0.25) is 5.91 Å². The Morgan fingerprint density at radius 1 is 1.28 bits per heavy atom. The highest BCUT2D eigenvalue weighted by molar-refractivity contribution is 7.16. The number of hydrogen-bond donors (Lipinski definition) is 2. The van der Waals surface area contributed by atoms with Gasteiger partial charge in [0, 0.05) is 23.5 Å². The molecule has 32 heavy (non-hydrogen) atoms. The predicted octanol–water partition coefficient (Wildman–Crippen LogP) is 4.10. The fourth-order valence-electron chi connectivity index (χ4n) is 3.92. The highest BCUT2D eigenvalue weighted by Gasteiger charge is 2.40. The van der Waals surface area contributed by atoms with Crippen molar-refractivity contribution in [3.05, 3.63) is 65.3 Å². The van der Waals surface area contributed by atoms with Crippen molar-refractivity contribution in [3.63, 3.8) is 0 Å². The number of rotatable bonds is 6. The first-order valence-electron chi connectivity index (χ1n) is 10.5. The van der Waals surface area contributed by atoms with Crippen LogP contribution < -0.4 is 10.1 Å². The molecule has 1 fully saturated rings. The van der Waals surface area contributed by atoms with Gasteiger partial charge in [0.1, 0.15) is 23.3 Å². The van der Waals surface area contributed by atoms with E-state index in [4.69, 9.17) is 4.74 Å². The number of nitrogens with one attached hydrogen (secondary N) is 1. The summed E-state index contributed by atoms with van der Waals surface area (Å²) < 4.78 is 19.2. The van der Waals surface area contributed by atoms with Gasteiger partial charge in [-0.25, -0.2) is 9.37 Å². The normalized spacial score (nSPS) is 21.3. The van der Waals surface area contributed by atoms with Crippen LogP contribution in [0.4, 0.5) is 9.52 Å². The van der Waals surface area contributed by atoms with Crippen LogP contribution in [-0.4, -0.2) is 52.2 Å². The molecule has 8 heteroatoms. The zero-order valence-electron chi connectivity index (χ0n) is 18.0. The Bertz CT molecular complexity index is 1070. The predicted molar refractivity (Wildman–Crippen MR) is 123 cm³/mol. The summed E-state index contributed by atoms with van der Waals surface area (Å²) in [5, 5.41) is 14.3. The number of aliphatic hydroxyl groups is 1. The van der Waals surface area contributed by atoms with Gasteiger partial charge in [-0.1, -0.05) is 18.2 Å². The number of halogens is 1. The molecule has 6 nitrogen and oxygen atoms in total. The molecule has 3 aromatic rings. The van der Waals surface area contributed by atoms with Gasteiger partial charge in [-0.3, -0.25) is 9.69 Å². The van der Waals surface area contributed by atoms with Gasteiger partial charge in [0.25, 0.3) is 0 Å². The number of piperidine rings is 1. The maximum atomic E-state index is 13.2. The van der Waals surface area contributed by atoms with Gasteiger partial charge in [-0.2, -0.15) is 0 Å². The third-order valence-electron chi connectivity index (χ3n) is 5.49. The van der Waals surface area contributed by atoms with Crippen LogP contribution in [-0.2, 0) is 4.79 Å². The number of carbonyl (C=O) groups is 1. The van der Waals surface area contributed by atoms with Crippen molar-refractivity contribution in [3.8, 4) is 17.0 Å². The summed E-state index contributed by atoms with van der Waals surface area (Å²) in [5.41, 5.74) is 0.450. The van der Waals surface area contributed by atoms with Crippen LogP contribution in [0.25, 0.3) is 11.3 Å². The number of nitrogens with zero attached hydrogens (tertiary/aromatic N) is 2. The molecule has 1 aliphatic rings. The minimum Gasteiger partial charge on any atom is -0.487 e. The van der Waals surface area contributed by atoms with E-state index in [0.29, 0.717) is 24.6 Å². The molecule has 1 saturated heterocycles. The van der Waals surface area contributed by atoms with E-state index in [-0.39, 0.29) is 24.4 Å². The summed E-state index contributed by atoms with van der Waals surface area (Å²) in [6, 6.07) is 15.6. The zero-order valence-corrected chi connectivity index (χ0v) is 18.9. The third-order valence-corrected chi connectivity index (χ3v) is 6.38. The second kappa shape index (κ2) is 9.36. The lowest BCUT2D eigenvalue weighted by molar-refractivity contribution is -0.123. The van der Waals surface area contributed by atoms with E-state index in [1.165, 1.54) is 23.5 Å². The van der Waals surface area contributed by atoms with Gasteiger partial charge in [0.05, 0.1) is 12.2 Å². The van der Waals surface area contributed by atoms with Crippen LogP contribution in [0.3, 0.4) is 0 Å². The number of aromatic nitrogens is 1. The van der Waals surface area contributed by atoms with Crippen molar-refractivity contribution in [1.29, 1.82) is 0 Å². The molecule has 2 heterocycles. The average molecular weight is 456 g/mol. The molecule has 1 aliphatic heterocycles. The lowest BCUT2D eigenvalue weighted by Gasteiger charge is -2.42. The summed E-state index contributed by atoms with van der Waals surface area (Å²) in [6.07, 6.45) is 0.268. The van der Waals surface area contributed by atoms with Crippen LogP contribution in [0.1, 0.15) is 18.2 Å². The first-order chi connectivity index (χ1) is 15.3. The number of ether oxygens (including phenoxy) is 1. The number of anilines is 1. The van der Waals surface area contributed by atoms with Gasteiger partial charge in [-0.05, 0) is 56.7 Å². The monoisotopic (exact) mass is 455 g/mol. The summed E-state index contributed by atoms with van der Waals surface area (Å²) in [4.78, 5) is 20.0. The molecular weight excluding hydrogens is 429 g/mol. The number of aryl methyl sites for hydroxylation is 1. The van der Waals surface area contributed by atoms with E-state index in [2.05, 4.69) is 10.3 Å². The van der Waals surface area contributed by atoms with E-state index in [1.54, 1.807) is 19.1 Å². The molecule has 0 bridgehead atoms. The number of likely N-dealkylation sites (tertiary alicyclic amines) is 1.